The highest BCUT2D eigenvalue weighted by molar-refractivity contribution is 6.31. The van der Waals surface area contributed by atoms with E-state index in [2.05, 4.69) is 0 Å². The molecule has 0 aliphatic rings. The first-order valence-electron chi connectivity index (χ1n) is 7.55. The summed E-state index contributed by atoms with van der Waals surface area (Å²) in [5.41, 5.74) is 0.699. The summed E-state index contributed by atoms with van der Waals surface area (Å²) in [6.45, 7) is 5.36. The van der Waals surface area contributed by atoms with Crippen molar-refractivity contribution < 1.29 is 14.3 Å². The number of nitrogens with zero attached hydrogens (tertiary/aromatic N) is 1. The van der Waals surface area contributed by atoms with E-state index in [0.717, 1.165) is 0 Å². The number of rotatable bonds is 3. The summed E-state index contributed by atoms with van der Waals surface area (Å²) < 4.78 is 5.37. The molecule has 0 aliphatic heterocycles. The van der Waals surface area contributed by atoms with Gasteiger partial charge in [0, 0.05) is 23.2 Å². The van der Waals surface area contributed by atoms with Crippen molar-refractivity contribution in [3.8, 4) is 0 Å². The summed E-state index contributed by atoms with van der Waals surface area (Å²) in [5.74, 6) is -0.205. The van der Waals surface area contributed by atoms with Gasteiger partial charge in [0.1, 0.15) is 5.60 Å². The summed E-state index contributed by atoms with van der Waals surface area (Å²) in [7, 11) is 1.57. The van der Waals surface area contributed by atoms with Crippen LogP contribution in [0.2, 0.25) is 5.02 Å². The zero-order valence-corrected chi connectivity index (χ0v) is 14.9. The molecule has 0 saturated carbocycles. The van der Waals surface area contributed by atoms with E-state index in [1.807, 2.05) is 6.07 Å². The molecule has 0 spiro atoms. The number of carbonyl (C=O) groups excluding carboxylic acids is 2. The molecule has 126 valence electrons. The van der Waals surface area contributed by atoms with Crippen LogP contribution in [0.25, 0.3) is 0 Å². The van der Waals surface area contributed by atoms with Crippen molar-refractivity contribution in [1.29, 1.82) is 0 Å². The van der Waals surface area contributed by atoms with Crippen LogP contribution in [0.1, 0.15) is 36.7 Å². The predicted octanol–water partition coefficient (Wildman–Crippen LogP) is 4.94. The van der Waals surface area contributed by atoms with Crippen LogP contribution >= 0.6 is 11.6 Å². The standard InChI is InChI=1S/C19H20ClNO3/c1-19(2,3)24-18(23)21(4)16-11-10-14(20)12-15(16)17(22)13-8-6-5-7-9-13/h5-12H,1-4H3. The summed E-state index contributed by atoms with van der Waals surface area (Å²) >= 11 is 6.05. The molecule has 2 aromatic carbocycles. The van der Waals surface area contributed by atoms with E-state index in [1.54, 1.807) is 70.3 Å². The minimum absolute atomic E-state index is 0.205. The van der Waals surface area contributed by atoms with E-state index in [-0.39, 0.29) is 5.78 Å². The first kappa shape index (κ1) is 18.0. The van der Waals surface area contributed by atoms with Gasteiger partial charge in [-0.25, -0.2) is 4.79 Å². The Morgan fingerprint density at radius 2 is 1.67 bits per heavy atom. The Hall–Kier alpha value is -2.33. The van der Waals surface area contributed by atoms with Crippen molar-refractivity contribution in [2.45, 2.75) is 26.4 Å². The van der Waals surface area contributed by atoms with Gasteiger partial charge in [0.05, 0.1) is 5.69 Å². The SMILES string of the molecule is CN(C(=O)OC(C)(C)C)c1ccc(Cl)cc1C(=O)c1ccccc1. The number of ether oxygens (including phenoxy) is 1. The summed E-state index contributed by atoms with van der Waals surface area (Å²) in [6, 6.07) is 13.7. The number of ketones is 1. The Bertz CT molecular complexity index is 751. The first-order valence-corrected chi connectivity index (χ1v) is 7.93. The molecule has 0 aliphatic carbocycles. The number of halogens is 1. The molecule has 0 atom stereocenters. The van der Waals surface area contributed by atoms with E-state index in [4.69, 9.17) is 16.3 Å². The van der Waals surface area contributed by atoms with E-state index in [0.29, 0.717) is 21.8 Å². The maximum atomic E-state index is 12.8. The monoisotopic (exact) mass is 345 g/mol. The third-order valence-electron chi connectivity index (χ3n) is 3.27. The molecule has 0 aromatic heterocycles. The molecule has 0 radical (unpaired) electrons. The molecular formula is C19H20ClNO3. The van der Waals surface area contributed by atoms with Gasteiger partial charge < -0.3 is 4.74 Å². The van der Waals surface area contributed by atoms with Crippen molar-refractivity contribution in [2.24, 2.45) is 0 Å². The lowest BCUT2D eigenvalue weighted by Gasteiger charge is -2.26. The van der Waals surface area contributed by atoms with E-state index in [1.165, 1.54) is 4.90 Å². The first-order chi connectivity index (χ1) is 11.2. The Morgan fingerprint density at radius 3 is 2.25 bits per heavy atom. The van der Waals surface area contributed by atoms with Crippen molar-refractivity contribution >= 4 is 29.2 Å². The molecular weight excluding hydrogens is 326 g/mol. The normalized spacial score (nSPS) is 11.0. The van der Waals surface area contributed by atoms with Gasteiger partial charge in [-0.05, 0) is 39.0 Å². The number of amides is 1. The zero-order valence-electron chi connectivity index (χ0n) is 14.2. The van der Waals surface area contributed by atoms with E-state index < -0.39 is 11.7 Å². The molecule has 2 aromatic rings. The molecule has 2 rings (SSSR count). The highest BCUT2D eigenvalue weighted by atomic mass is 35.5. The van der Waals surface area contributed by atoms with Crippen LogP contribution in [-0.4, -0.2) is 24.5 Å². The molecule has 0 saturated heterocycles. The Balaban J connectivity index is 2.41. The molecule has 0 bridgehead atoms. The predicted molar refractivity (Wildman–Crippen MR) is 96.0 cm³/mol. The zero-order chi connectivity index (χ0) is 17.9. The van der Waals surface area contributed by atoms with Crippen LogP contribution in [0.3, 0.4) is 0 Å². The smallest absolute Gasteiger partial charge is 0.414 e. The Labute approximate surface area is 147 Å². The lowest BCUT2D eigenvalue weighted by Crippen LogP contribution is -2.35. The average Bonchev–Trinajstić information content (AvgIpc) is 2.52. The third kappa shape index (κ3) is 4.36. The minimum Gasteiger partial charge on any atom is -0.443 e. The number of benzene rings is 2. The van der Waals surface area contributed by atoms with Gasteiger partial charge in [-0.2, -0.15) is 0 Å². The van der Waals surface area contributed by atoms with Gasteiger partial charge in [0.15, 0.2) is 5.78 Å². The number of hydrogen-bond acceptors (Lipinski definition) is 3. The number of carbonyl (C=O) groups is 2. The summed E-state index contributed by atoms with van der Waals surface area (Å²) in [5, 5.41) is 0.426. The average molecular weight is 346 g/mol. The van der Waals surface area contributed by atoms with Gasteiger partial charge in [-0.3, -0.25) is 9.69 Å². The lowest BCUT2D eigenvalue weighted by atomic mass is 10.0. The quantitative estimate of drug-likeness (QED) is 0.740. The maximum Gasteiger partial charge on any atom is 0.414 e. The molecule has 4 nitrogen and oxygen atoms in total. The molecule has 0 N–H and O–H groups in total. The Kier molecular flexibility index (Phi) is 5.30. The van der Waals surface area contributed by atoms with Crippen molar-refractivity contribution in [1.82, 2.24) is 0 Å². The van der Waals surface area contributed by atoms with Crippen LogP contribution in [0.5, 0.6) is 0 Å². The van der Waals surface area contributed by atoms with Gasteiger partial charge in [0.25, 0.3) is 0 Å². The summed E-state index contributed by atoms with van der Waals surface area (Å²) in [4.78, 5) is 26.4. The molecule has 1 amide bonds. The Morgan fingerprint density at radius 1 is 1.04 bits per heavy atom. The second kappa shape index (κ2) is 7.05. The van der Waals surface area contributed by atoms with Crippen LogP contribution in [0.15, 0.2) is 48.5 Å². The van der Waals surface area contributed by atoms with Gasteiger partial charge >= 0.3 is 6.09 Å². The van der Waals surface area contributed by atoms with Crippen LogP contribution in [0, 0.1) is 0 Å². The highest BCUT2D eigenvalue weighted by Gasteiger charge is 2.24. The molecule has 0 fully saturated rings. The van der Waals surface area contributed by atoms with Gasteiger partial charge in [-0.1, -0.05) is 41.9 Å². The van der Waals surface area contributed by atoms with Gasteiger partial charge in [-0.15, -0.1) is 0 Å². The summed E-state index contributed by atoms with van der Waals surface area (Å²) in [6.07, 6.45) is -0.535. The molecule has 0 unspecified atom stereocenters. The molecule has 5 heteroatoms. The topological polar surface area (TPSA) is 46.6 Å². The largest absolute Gasteiger partial charge is 0.443 e. The fourth-order valence-electron chi connectivity index (χ4n) is 2.16. The van der Waals surface area contributed by atoms with Crippen molar-refractivity contribution in [3.63, 3.8) is 0 Å². The van der Waals surface area contributed by atoms with Crippen LogP contribution in [0.4, 0.5) is 10.5 Å². The highest BCUT2D eigenvalue weighted by Crippen LogP contribution is 2.27. The fourth-order valence-corrected chi connectivity index (χ4v) is 2.33. The van der Waals surface area contributed by atoms with Gasteiger partial charge in [0.2, 0.25) is 0 Å². The van der Waals surface area contributed by atoms with Crippen molar-refractivity contribution in [2.75, 3.05) is 11.9 Å². The van der Waals surface area contributed by atoms with E-state index >= 15 is 0 Å². The molecule has 24 heavy (non-hydrogen) atoms. The number of hydrogen-bond donors (Lipinski definition) is 0. The number of anilines is 1. The third-order valence-corrected chi connectivity index (χ3v) is 3.50. The molecule has 0 heterocycles. The van der Waals surface area contributed by atoms with Crippen LogP contribution in [-0.2, 0) is 4.74 Å². The second-order valence-electron chi connectivity index (χ2n) is 6.40. The van der Waals surface area contributed by atoms with Crippen LogP contribution < -0.4 is 4.90 Å². The minimum atomic E-state index is -0.624. The van der Waals surface area contributed by atoms with Crippen molar-refractivity contribution in [3.05, 3.63) is 64.7 Å². The fraction of sp³-hybridized carbons (Fsp3) is 0.263. The maximum absolute atomic E-state index is 12.8. The lowest BCUT2D eigenvalue weighted by molar-refractivity contribution is 0.0589. The second-order valence-corrected chi connectivity index (χ2v) is 6.83. The van der Waals surface area contributed by atoms with E-state index in [9.17, 15) is 9.59 Å².